The molecule has 2 aromatic rings. The number of aryl methyl sites for hydroxylation is 1. The van der Waals surface area contributed by atoms with Crippen molar-refractivity contribution in [3.63, 3.8) is 0 Å². The average molecular weight is 401 g/mol. The van der Waals surface area contributed by atoms with Crippen LogP contribution in [0.3, 0.4) is 0 Å². The molecule has 0 radical (unpaired) electrons. The van der Waals surface area contributed by atoms with Crippen molar-refractivity contribution in [3.05, 3.63) is 59.7 Å². The standard InChI is InChI=1S/C20H23N3O4S/c1-14-7-8-17(28(21,26)27)13-18(14)20(25)23-11-9-15(10-12-23)19(24)22-16-5-3-2-4-6-16/h2-8,13,15H,9-12H2,1H3,(H,22,24)(H2,21,26,27). The molecule has 2 aromatic carbocycles. The topological polar surface area (TPSA) is 110 Å². The van der Waals surface area contributed by atoms with Crippen molar-refractivity contribution in [3.8, 4) is 0 Å². The van der Waals surface area contributed by atoms with E-state index in [4.69, 9.17) is 5.14 Å². The third-order valence-electron chi connectivity index (χ3n) is 4.96. The molecule has 7 nitrogen and oxygen atoms in total. The van der Waals surface area contributed by atoms with Gasteiger partial charge in [0.25, 0.3) is 5.91 Å². The first-order chi connectivity index (χ1) is 13.3. The number of nitrogens with two attached hydrogens (primary N) is 1. The lowest BCUT2D eigenvalue weighted by Crippen LogP contribution is -2.41. The Morgan fingerprint density at radius 2 is 1.71 bits per heavy atom. The highest BCUT2D eigenvalue weighted by molar-refractivity contribution is 7.89. The monoisotopic (exact) mass is 401 g/mol. The fraction of sp³-hybridized carbons (Fsp3) is 0.300. The number of likely N-dealkylation sites (tertiary alicyclic amines) is 1. The van der Waals surface area contributed by atoms with E-state index in [1.807, 2.05) is 30.3 Å². The number of sulfonamides is 1. The van der Waals surface area contributed by atoms with Gasteiger partial charge in [-0.1, -0.05) is 24.3 Å². The molecule has 0 unspecified atom stereocenters. The number of anilines is 1. The van der Waals surface area contributed by atoms with E-state index in [1.54, 1.807) is 17.9 Å². The molecular formula is C20H23N3O4S. The molecule has 2 amide bonds. The molecular weight excluding hydrogens is 378 g/mol. The minimum atomic E-state index is -3.88. The fourth-order valence-corrected chi connectivity index (χ4v) is 3.83. The summed E-state index contributed by atoms with van der Waals surface area (Å²) < 4.78 is 23.1. The van der Waals surface area contributed by atoms with E-state index in [9.17, 15) is 18.0 Å². The molecule has 1 fully saturated rings. The molecule has 3 rings (SSSR count). The number of carbonyl (C=O) groups excluding carboxylic acids is 2. The Bertz CT molecular complexity index is 982. The smallest absolute Gasteiger partial charge is 0.254 e. The van der Waals surface area contributed by atoms with Crippen LogP contribution in [-0.2, 0) is 14.8 Å². The van der Waals surface area contributed by atoms with Crippen molar-refractivity contribution in [1.82, 2.24) is 4.90 Å². The number of amides is 2. The van der Waals surface area contributed by atoms with Crippen LogP contribution in [0.2, 0.25) is 0 Å². The summed E-state index contributed by atoms with van der Waals surface area (Å²) in [5.41, 5.74) is 1.75. The zero-order valence-corrected chi connectivity index (χ0v) is 16.4. The number of piperidine rings is 1. The number of primary sulfonamides is 1. The van der Waals surface area contributed by atoms with Crippen molar-refractivity contribution >= 4 is 27.5 Å². The van der Waals surface area contributed by atoms with Gasteiger partial charge in [0.15, 0.2) is 0 Å². The van der Waals surface area contributed by atoms with Gasteiger partial charge in [0.05, 0.1) is 4.90 Å². The quantitative estimate of drug-likeness (QED) is 0.818. The molecule has 0 aromatic heterocycles. The molecule has 1 aliphatic heterocycles. The summed E-state index contributed by atoms with van der Waals surface area (Å²) in [6.45, 7) is 2.62. The molecule has 0 bridgehead atoms. The first-order valence-corrected chi connectivity index (χ1v) is 10.6. The molecule has 1 heterocycles. The number of benzene rings is 2. The molecule has 1 aliphatic rings. The van der Waals surface area contributed by atoms with Crippen molar-refractivity contribution < 1.29 is 18.0 Å². The lowest BCUT2D eigenvalue weighted by molar-refractivity contribution is -0.121. The van der Waals surface area contributed by atoms with Gasteiger partial charge in [-0.15, -0.1) is 0 Å². The normalized spacial score (nSPS) is 15.3. The minimum absolute atomic E-state index is 0.0503. The molecule has 0 saturated carbocycles. The van der Waals surface area contributed by atoms with Crippen LogP contribution in [0.1, 0.15) is 28.8 Å². The number of hydrogen-bond acceptors (Lipinski definition) is 4. The second-order valence-electron chi connectivity index (χ2n) is 6.94. The Labute approximate surface area is 164 Å². The molecule has 8 heteroatoms. The second kappa shape index (κ2) is 8.12. The maximum absolute atomic E-state index is 12.9. The molecule has 0 atom stereocenters. The van der Waals surface area contributed by atoms with Crippen molar-refractivity contribution in [2.75, 3.05) is 18.4 Å². The summed E-state index contributed by atoms with van der Waals surface area (Å²) in [6, 6.07) is 13.5. The van der Waals surface area contributed by atoms with Crippen molar-refractivity contribution in [2.24, 2.45) is 11.1 Å². The van der Waals surface area contributed by atoms with E-state index in [1.165, 1.54) is 12.1 Å². The Balaban J connectivity index is 1.65. The number of rotatable bonds is 4. The zero-order valence-electron chi connectivity index (χ0n) is 15.6. The van der Waals surface area contributed by atoms with Crippen LogP contribution in [0.15, 0.2) is 53.4 Å². The van der Waals surface area contributed by atoms with Crippen LogP contribution < -0.4 is 10.5 Å². The fourth-order valence-electron chi connectivity index (χ4n) is 3.29. The minimum Gasteiger partial charge on any atom is -0.339 e. The lowest BCUT2D eigenvalue weighted by Gasteiger charge is -2.31. The van der Waals surface area contributed by atoms with E-state index in [-0.39, 0.29) is 22.6 Å². The number of nitrogens with one attached hydrogen (secondary N) is 1. The summed E-state index contributed by atoms with van der Waals surface area (Å²) in [5, 5.41) is 8.07. The van der Waals surface area contributed by atoms with E-state index in [2.05, 4.69) is 5.32 Å². The van der Waals surface area contributed by atoms with E-state index >= 15 is 0 Å². The predicted octanol–water partition coefficient (Wildman–Crippen LogP) is 2.13. The molecule has 148 valence electrons. The highest BCUT2D eigenvalue weighted by atomic mass is 32.2. The van der Waals surface area contributed by atoms with Crippen LogP contribution >= 0.6 is 0 Å². The largest absolute Gasteiger partial charge is 0.339 e. The van der Waals surface area contributed by atoms with E-state index in [0.717, 1.165) is 5.69 Å². The zero-order chi connectivity index (χ0) is 20.3. The van der Waals surface area contributed by atoms with Gasteiger partial charge < -0.3 is 10.2 Å². The summed E-state index contributed by atoms with van der Waals surface area (Å²) in [7, 11) is -3.88. The Morgan fingerprint density at radius 3 is 2.32 bits per heavy atom. The van der Waals surface area contributed by atoms with Gasteiger partial charge in [0, 0.05) is 30.3 Å². The van der Waals surface area contributed by atoms with Gasteiger partial charge in [-0.2, -0.15) is 0 Å². The van der Waals surface area contributed by atoms with Gasteiger partial charge in [-0.05, 0) is 49.6 Å². The lowest BCUT2D eigenvalue weighted by atomic mass is 9.95. The number of nitrogens with zero attached hydrogens (tertiary/aromatic N) is 1. The Hall–Kier alpha value is -2.71. The molecule has 0 aliphatic carbocycles. The SMILES string of the molecule is Cc1ccc(S(N)(=O)=O)cc1C(=O)N1CCC(C(=O)Nc2ccccc2)CC1. The van der Waals surface area contributed by atoms with Crippen LogP contribution in [0.5, 0.6) is 0 Å². The number of carbonyl (C=O) groups is 2. The summed E-state index contributed by atoms with van der Waals surface area (Å²) in [6.07, 6.45) is 1.11. The average Bonchev–Trinajstić information content (AvgIpc) is 2.68. The third kappa shape index (κ3) is 4.58. The molecule has 0 spiro atoms. The van der Waals surface area contributed by atoms with Crippen LogP contribution in [0.4, 0.5) is 5.69 Å². The van der Waals surface area contributed by atoms with Crippen molar-refractivity contribution in [2.45, 2.75) is 24.7 Å². The highest BCUT2D eigenvalue weighted by Gasteiger charge is 2.28. The Morgan fingerprint density at radius 1 is 1.07 bits per heavy atom. The summed E-state index contributed by atoms with van der Waals surface area (Å²) in [4.78, 5) is 26.9. The van der Waals surface area contributed by atoms with Crippen LogP contribution in [0, 0.1) is 12.8 Å². The van der Waals surface area contributed by atoms with Crippen molar-refractivity contribution in [1.29, 1.82) is 0 Å². The molecule has 3 N–H and O–H groups in total. The second-order valence-corrected chi connectivity index (χ2v) is 8.50. The van der Waals surface area contributed by atoms with Crippen LogP contribution in [0.25, 0.3) is 0 Å². The first kappa shape index (κ1) is 20.0. The van der Waals surface area contributed by atoms with Crippen LogP contribution in [-0.4, -0.2) is 38.2 Å². The van der Waals surface area contributed by atoms with Gasteiger partial charge in [-0.25, -0.2) is 13.6 Å². The van der Waals surface area contributed by atoms with E-state index in [0.29, 0.717) is 37.1 Å². The van der Waals surface area contributed by atoms with Gasteiger partial charge in [-0.3, -0.25) is 9.59 Å². The van der Waals surface area contributed by atoms with Gasteiger partial charge in [0.2, 0.25) is 15.9 Å². The third-order valence-corrected chi connectivity index (χ3v) is 5.87. The molecule has 28 heavy (non-hydrogen) atoms. The van der Waals surface area contributed by atoms with E-state index < -0.39 is 10.0 Å². The maximum Gasteiger partial charge on any atom is 0.254 e. The predicted molar refractivity (Wildman–Crippen MR) is 106 cm³/mol. The number of para-hydroxylation sites is 1. The number of hydrogen-bond donors (Lipinski definition) is 2. The maximum atomic E-state index is 12.9. The Kier molecular flexibility index (Phi) is 5.81. The summed E-state index contributed by atoms with van der Waals surface area (Å²) >= 11 is 0. The molecule has 1 saturated heterocycles. The summed E-state index contributed by atoms with van der Waals surface area (Å²) in [5.74, 6) is -0.461. The van der Waals surface area contributed by atoms with Gasteiger partial charge >= 0.3 is 0 Å². The highest BCUT2D eigenvalue weighted by Crippen LogP contribution is 2.23. The van der Waals surface area contributed by atoms with Gasteiger partial charge in [0.1, 0.15) is 0 Å². The first-order valence-electron chi connectivity index (χ1n) is 9.04.